The van der Waals surface area contributed by atoms with Crippen LogP contribution in [0.1, 0.15) is 19.4 Å². The van der Waals surface area contributed by atoms with Crippen LogP contribution in [0.4, 0.5) is 0 Å². The Labute approximate surface area is 109 Å². The summed E-state index contributed by atoms with van der Waals surface area (Å²) < 4.78 is 0. The monoisotopic (exact) mass is 235 g/mol. The summed E-state index contributed by atoms with van der Waals surface area (Å²) in [6.45, 7) is 7.71. The molecule has 0 aromatic heterocycles. The van der Waals surface area contributed by atoms with E-state index < -0.39 is 0 Å². The number of benzene rings is 2. The Morgan fingerprint density at radius 1 is 0.833 bits per heavy atom. The Balaban J connectivity index is 2.29. The van der Waals surface area contributed by atoms with Crippen molar-refractivity contribution in [3.8, 4) is 11.1 Å². The van der Waals surface area contributed by atoms with E-state index in [0.717, 1.165) is 17.0 Å². The van der Waals surface area contributed by atoms with Gasteiger partial charge in [-0.3, -0.25) is 4.99 Å². The third kappa shape index (κ3) is 2.95. The van der Waals surface area contributed by atoms with Crippen molar-refractivity contribution in [2.45, 2.75) is 13.8 Å². The van der Waals surface area contributed by atoms with Gasteiger partial charge in [-0.15, -0.1) is 0 Å². The van der Waals surface area contributed by atoms with Crippen molar-refractivity contribution >= 4 is 5.71 Å². The first-order valence-electron chi connectivity index (χ1n) is 6.03. The molecular formula is C17H17N. The highest BCUT2D eigenvalue weighted by atomic mass is 14.7. The second kappa shape index (κ2) is 5.46. The van der Waals surface area contributed by atoms with Gasteiger partial charge in [-0.2, -0.15) is 0 Å². The average Bonchev–Trinajstić information content (AvgIpc) is 2.39. The summed E-state index contributed by atoms with van der Waals surface area (Å²) in [5, 5.41) is 0. The van der Waals surface area contributed by atoms with Crippen molar-refractivity contribution in [3.05, 3.63) is 72.4 Å². The molecule has 0 atom stereocenters. The summed E-state index contributed by atoms with van der Waals surface area (Å²) in [7, 11) is 0. The zero-order valence-electron chi connectivity index (χ0n) is 10.9. The van der Waals surface area contributed by atoms with E-state index in [-0.39, 0.29) is 0 Å². The Kier molecular flexibility index (Phi) is 3.73. The van der Waals surface area contributed by atoms with Crippen molar-refractivity contribution in [1.29, 1.82) is 0 Å². The topological polar surface area (TPSA) is 12.4 Å². The molecule has 0 amide bonds. The maximum atomic E-state index is 4.37. The minimum atomic E-state index is 0.833. The molecule has 1 heteroatoms. The van der Waals surface area contributed by atoms with Crippen molar-refractivity contribution < 1.29 is 0 Å². The molecule has 0 N–H and O–H groups in total. The van der Waals surface area contributed by atoms with E-state index in [1.807, 2.05) is 19.9 Å². The smallest absolute Gasteiger partial charge is 0.0447 e. The van der Waals surface area contributed by atoms with Crippen LogP contribution in [-0.2, 0) is 0 Å². The van der Waals surface area contributed by atoms with Crippen molar-refractivity contribution in [2.24, 2.45) is 4.99 Å². The Bertz CT molecular complexity index is 562. The molecule has 0 unspecified atom stereocenters. The molecule has 0 fully saturated rings. The predicted molar refractivity (Wildman–Crippen MR) is 78.9 cm³/mol. The molecular weight excluding hydrogens is 218 g/mol. The van der Waals surface area contributed by atoms with Crippen LogP contribution in [-0.4, -0.2) is 5.71 Å². The molecule has 0 aliphatic heterocycles. The van der Waals surface area contributed by atoms with E-state index in [1.165, 1.54) is 11.1 Å². The van der Waals surface area contributed by atoms with E-state index in [2.05, 4.69) is 60.1 Å². The molecule has 0 aliphatic rings. The number of allylic oxidation sites excluding steroid dienone is 1. The molecule has 2 aromatic carbocycles. The van der Waals surface area contributed by atoms with Crippen molar-refractivity contribution in [2.75, 3.05) is 0 Å². The van der Waals surface area contributed by atoms with Crippen molar-refractivity contribution in [1.82, 2.24) is 0 Å². The Morgan fingerprint density at radius 3 is 1.94 bits per heavy atom. The average molecular weight is 235 g/mol. The van der Waals surface area contributed by atoms with Crippen LogP contribution in [0.25, 0.3) is 11.1 Å². The molecule has 0 spiro atoms. The van der Waals surface area contributed by atoms with Gasteiger partial charge < -0.3 is 0 Å². The van der Waals surface area contributed by atoms with Crippen LogP contribution in [0.5, 0.6) is 0 Å². The fourth-order valence-electron chi connectivity index (χ4n) is 1.89. The van der Waals surface area contributed by atoms with Gasteiger partial charge in [-0.1, -0.05) is 61.2 Å². The quantitative estimate of drug-likeness (QED) is 0.684. The number of rotatable bonds is 3. The SMILES string of the molecule is C=C(C)N=C(C)c1ccc(-c2ccccc2)cc1. The van der Waals surface area contributed by atoms with Crippen LogP contribution in [0.15, 0.2) is 71.9 Å². The lowest BCUT2D eigenvalue weighted by atomic mass is 10.0. The lowest BCUT2D eigenvalue weighted by Gasteiger charge is -2.04. The molecule has 2 rings (SSSR count). The highest BCUT2D eigenvalue weighted by Crippen LogP contribution is 2.19. The molecule has 1 nitrogen and oxygen atoms in total. The fourth-order valence-corrected chi connectivity index (χ4v) is 1.89. The summed E-state index contributed by atoms with van der Waals surface area (Å²) in [5.74, 6) is 0. The van der Waals surface area contributed by atoms with Gasteiger partial charge in [-0.25, -0.2) is 0 Å². The highest BCUT2D eigenvalue weighted by Gasteiger charge is 1.99. The first-order chi connectivity index (χ1) is 8.66. The van der Waals surface area contributed by atoms with Crippen LogP contribution >= 0.6 is 0 Å². The zero-order valence-corrected chi connectivity index (χ0v) is 10.9. The maximum Gasteiger partial charge on any atom is 0.0447 e. The van der Waals surface area contributed by atoms with Crippen LogP contribution in [0.3, 0.4) is 0 Å². The van der Waals surface area contributed by atoms with Gasteiger partial charge >= 0.3 is 0 Å². The van der Waals surface area contributed by atoms with Gasteiger partial charge in [0.05, 0.1) is 0 Å². The number of hydrogen-bond acceptors (Lipinski definition) is 1. The van der Waals surface area contributed by atoms with Crippen LogP contribution in [0.2, 0.25) is 0 Å². The van der Waals surface area contributed by atoms with Gasteiger partial charge in [0.25, 0.3) is 0 Å². The molecule has 0 heterocycles. The lowest BCUT2D eigenvalue weighted by Crippen LogP contribution is -1.94. The van der Waals surface area contributed by atoms with Gasteiger partial charge in [-0.05, 0) is 30.5 Å². The molecule has 0 bridgehead atoms. The predicted octanol–water partition coefficient (Wildman–Crippen LogP) is 4.70. The summed E-state index contributed by atoms with van der Waals surface area (Å²) in [6, 6.07) is 18.8. The first-order valence-corrected chi connectivity index (χ1v) is 6.03. The highest BCUT2D eigenvalue weighted by molar-refractivity contribution is 5.99. The van der Waals surface area contributed by atoms with E-state index in [0.29, 0.717) is 0 Å². The van der Waals surface area contributed by atoms with Gasteiger partial charge in [0, 0.05) is 11.4 Å². The normalized spacial score (nSPS) is 11.3. The molecule has 0 saturated heterocycles. The summed E-state index contributed by atoms with van der Waals surface area (Å²) in [5.41, 5.74) is 5.43. The molecule has 90 valence electrons. The van der Waals surface area contributed by atoms with Gasteiger partial charge in [0.2, 0.25) is 0 Å². The fraction of sp³-hybridized carbons (Fsp3) is 0.118. The van der Waals surface area contributed by atoms with Gasteiger partial charge in [0.1, 0.15) is 0 Å². The summed E-state index contributed by atoms with van der Waals surface area (Å²) in [4.78, 5) is 4.37. The molecule has 0 radical (unpaired) electrons. The lowest BCUT2D eigenvalue weighted by molar-refractivity contribution is 1.31. The number of nitrogens with zero attached hydrogens (tertiary/aromatic N) is 1. The third-order valence-electron chi connectivity index (χ3n) is 2.77. The molecule has 2 aromatic rings. The zero-order chi connectivity index (χ0) is 13.0. The Hall–Kier alpha value is -2.15. The van der Waals surface area contributed by atoms with Crippen LogP contribution < -0.4 is 0 Å². The summed E-state index contributed by atoms with van der Waals surface area (Å²) in [6.07, 6.45) is 0. The minimum Gasteiger partial charge on any atom is -0.258 e. The first kappa shape index (κ1) is 12.3. The molecule has 18 heavy (non-hydrogen) atoms. The largest absolute Gasteiger partial charge is 0.258 e. The van der Waals surface area contributed by atoms with Gasteiger partial charge in [0.15, 0.2) is 0 Å². The minimum absolute atomic E-state index is 0.833. The van der Waals surface area contributed by atoms with Crippen molar-refractivity contribution in [3.63, 3.8) is 0 Å². The van der Waals surface area contributed by atoms with E-state index in [4.69, 9.17) is 0 Å². The van der Waals surface area contributed by atoms with E-state index >= 15 is 0 Å². The summed E-state index contributed by atoms with van der Waals surface area (Å²) >= 11 is 0. The number of aliphatic imine (C=N–C) groups is 1. The molecule has 0 saturated carbocycles. The van der Waals surface area contributed by atoms with E-state index in [9.17, 15) is 0 Å². The molecule has 0 aliphatic carbocycles. The van der Waals surface area contributed by atoms with E-state index in [1.54, 1.807) is 0 Å². The number of hydrogen-bond donors (Lipinski definition) is 0. The second-order valence-electron chi connectivity index (χ2n) is 4.38. The maximum absolute atomic E-state index is 4.37. The van der Waals surface area contributed by atoms with Crippen LogP contribution in [0, 0.1) is 0 Å². The Morgan fingerprint density at radius 2 is 1.39 bits per heavy atom. The standard InChI is InChI=1S/C17H17N/c1-13(2)18-14(3)15-9-11-17(12-10-15)16-7-5-4-6-8-16/h4-12H,1H2,2-3H3. The third-order valence-corrected chi connectivity index (χ3v) is 2.77. The second-order valence-corrected chi connectivity index (χ2v) is 4.38.